The number of hydroxylamine groups is 1. The quantitative estimate of drug-likeness (QED) is 0.392. The van der Waals surface area contributed by atoms with E-state index >= 15 is 0 Å². The highest BCUT2D eigenvalue weighted by Crippen LogP contribution is 2.37. The Kier molecular flexibility index (Phi) is 6.13. The van der Waals surface area contributed by atoms with Crippen LogP contribution < -0.4 is 10.8 Å². The highest BCUT2D eigenvalue weighted by molar-refractivity contribution is 5.95. The molecule has 7 nitrogen and oxygen atoms in total. The van der Waals surface area contributed by atoms with Crippen LogP contribution in [0.2, 0.25) is 0 Å². The normalized spacial score (nSPS) is 20.9. The van der Waals surface area contributed by atoms with Crippen molar-refractivity contribution in [2.24, 2.45) is 5.92 Å². The maximum Gasteiger partial charge on any atom is 0.251 e. The number of nitrogens with zero attached hydrogens (tertiary/aromatic N) is 2. The van der Waals surface area contributed by atoms with Crippen molar-refractivity contribution in [2.45, 2.75) is 63.5 Å². The number of hydrogen-bond acceptors (Lipinski definition) is 4. The lowest BCUT2D eigenvalue weighted by Gasteiger charge is -2.30. The van der Waals surface area contributed by atoms with Crippen LogP contribution in [0.5, 0.6) is 0 Å². The minimum atomic E-state index is -0.426. The Bertz CT molecular complexity index is 1150. The summed E-state index contributed by atoms with van der Waals surface area (Å²) >= 11 is 0. The number of hydrogen-bond donors (Lipinski definition) is 3. The second kappa shape index (κ2) is 9.35. The molecule has 2 saturated carbocycles. The monoisotopic (exact) mass is 446 g/mol. The van der Waals surface area contributed by atoms with Gasteiger partial charge < -0.3 is 9.88 Å². The number of rotatable bonds is 6. The van der Waals surface area contributed by atoms with E-state index in [0.29, 0.717) is 17.9 Å². The summed E-state index contributed by atoms with van der Waals surface area (Å²) in [5, 5.41) is 12.0. The summed E-state index contributed by atoms with van der Waals surface area (Å²) in [6.07, 6.45) is 6.93. The van der Waals surface area contributed by atoms with Crippen molar-refractivity contribution in [2.75, 3.05) is 0 Å². The van der Waals surface area contributed by atoms with Gasteiger partial charge in [0.05, 0.1) is 17.0 Å². The summed E-state index contributed by atoms with van der Waals surface area (Å²) in [5.41, 5.74) is 5.61. The van der Waals surface area contributed by atoms with Crippen LogP contribution in [0.3, 0.4) is 0 Å². The first-order valence-electron chi connectivity index (χ1n) is 11.9. The molecule has 1 heterocycles. The van der Waals surface area contributed by atoms with Crippen molar-refractivity contribution < 1.29 is 14.8 Å². The smallest absolute Gasteiger partial charge is 0.251 e. The fourth-order valence-corrected chi connectivity index (χ4v) is 5.13. The summed E-state index contributed by atoms with van der Waals surface area (Å²) in [7, 11) is 0. The molecule has 0 saturated heterocycles. The van der Waals surface area contributed by atoms with E-state index in [9.17, 15) is 9.59 Å². The molecule has 2 aromatic carbocycles. The zero-order chi connectivity index (χ0) is 22.8. The lowest BCUT2D eigenvalue weighted by Crippen LogP contribution is -2.47. The molecule has 0 radical (unpaired) electrons. The zero-order valence-electron chi connectivity index (χ0n) is 18.7. The second-order valence-electron chi connectivity index (χ2n) is 9.32. The highest BCUT2D eigenvalue weighted by Gasteiger charge is 2.32. The van der Waals surface area contributed by atoms with E-state index in [-0.39, 0.29) is 11.9 Å². The summed E-state index contributed by atoms with van der Waals surface area (Å²) in [4.78, 5) is 29.7. The Morgan fingerprint density at radius 2 is 1.73 bits per heavy atom. The van der Waals surface area contributed by atoms with Crippen LogP contribution in [0.1, 0.15) is 72.6 Å². The molecule has 2 aliphatic carbocycles. The Balaban J connectivity index is 1.31. The second-order valence-corrected chi connectivity index (χ2v) is 9.32. The molecule has 2 atom stereocenters. The lowest BCUT2D eigenvalue weighted by atomic mass is 9.84. The van der Waals surface area contributed by atoms with Crippen LogP contribution in [0.15, 0.2) is 48.5 Å². The number of benzene rings is 2. The number of fused-ring (bicyclic) bond motifs is 1. The molecule has 0 bridgehead atoms. The number of para-hydroxylation sites is 2. The van der Waals surface area contributed by atoms with Gasteiger partial charge in [-0.2, -0.15) is 0 Å². The Morgan fingerprint density at radius 3 is 2.45 bits per heavy atom. The van der Waals surface area contributed by atoms with Crippen molar-refractivity contribution in [3.05, 3.63) is 65.5 Å². The van der Waals surface area contributed by atoms with Crippen LogP contribution in [0, 0.1) is 5.92 Å². The zero-order valence-corrected chi connectivity index (χ0v) is 18.7. The molecule has 3 N–H and O–H groups in total. The van der Waals surface area contributed by atoms with Crippen molar-refractivity contribution in [1.29, 1.82) is 0 Å². The summed E-state index contributed by atoms with van der Waals surface area (Å²) in [6.45, 7) is 0.718. The molecule has 2 aliphatic rings. The van der Waals surface area contributed by atoms with Gasteiger partial charge in [-0.1, -0.05) is 43.5 Å². The number of amides is 2. The average molecular weight is 447 g/mol. The fraction of sp³-hybridized carbons (Fsp3) is 0.423. The number of carbonyl (C=O) groups excluding carboxylic acids is 2. The minimum absolute atomic E-state index is 0.188. The number of nitrogens with one attached hydrogen (secondary N) is 2. The largest absolute Gasteiger partial charge is 0.349 e. The topological polar surface area (TPSA) is 96.3 Å². The van der Waals surface area contributed by atoms with E-state index in [4.69, 9.17) is 10.2 Å². The molecule has 0 spiro atoms. The van der Waals surface area contributed by atoms with Gasteiger partial charge in [-0.15, -0.1) is 0 Å². The molecule has 2 fully saturated rings. The fourth-order valence-electron chi connectivity index (χ4n) is 5.13. The Morgan fingerprint density at radius 1 is 0.970 bits per heavy atom. The molecular weight excluding hydrogens is 416 g/mol. The first-order valence-corrected chi connectivity index (χ1v) is 11.9. The summed E-state index contributed by atoms with van der Waals surface area (Å²) in [6, 6.07) is 15.7. The standard InChI is InChI=1S/C26H30N4O3/c31-25(28-21-9-2-1-8-20(21)26(32)29-33)19-14-12-17(13-15-19)16-30-23-11-4-3-10-22(23)27-24(30)18-6-5-7-18/h3-4,10-15,18,20-21,33H,1-2,5-9,16H2,(H,28,31)(H,29,32)/t20-,21+/m0/s1. The number of imidazole rings is 1. The number of carbonyl (C=O) groups is 2. The first kappa shape index (κ1) is 21.6. The van der Waals surface area contributed by atoms with Crippen molar-refractivity contribution >= 4 is 22.8 Å². The average Bonchev–Trinajstić information content (AvgIpc) is 3.16. The van der Waals surface area contributed by atoms with Gasteiger partial charge in [0.15, 0.2) is 0 Å². The highest BCUT2D eigenvalue weighted by atomic mass is 16.5. The van der Waals surface area contributed by atoms with Crippen LogP contribution in [0.4, 0.5) is 0 Å². The molecule has 172 valence electrons. The lowest BCUT2D eigenvalue weighted by molar-refractivity contribution is -0.135. The van der Waals surface area contributed by atoms with Gasteiger partial charge in [-0.05, 0) is 55.5 Å². The van der Waals surface area contributed by atoms with Gasteiger partial charge in [0.1, 0.15) is 5.82 Å². The SMILES string of the molecule is O=C(N[C@@H]1CCCC[C@@H]1C(=O)NO)c1ccc(Cn2c(C3CCC3)nc3ccccc32)cc1. The van der Waals surface area contributed by atoms with Crippen LogP contribution in [-0.4, -0.2) is 32.6 Å². The van der Waals surface area contributed by atoms with E-state index in [1.165, 1.54) is 19.3 Å². The van der Waals surface area contributed by atoms with E-state index in [1.54, 1.807) is 5.48 Å². The molecule has 1 aromatic heterocycles. The van der Waals surface area contributed by atoms with Crippen molar-refractivity contribution in [3.63, 3.8) is 0 Å². The van der Waals surface area contributed by atoms with Gasteiger partial charge in [-0.3, -0.25) is 14.8 Å². The van der Waals surface area contributed by atoms with Gasteiger partial charge in [-0.25, -0.2) is 10.5 Å². The Labute approximate surface area is 193 Å². The molecule has 33 heavy (non-hydrogen) atoms. The third-order valence-corrected chi connectivity index (χ3v) is 7.24. The van der Waals surface area contributed by atoms with Gasteiger partial charge in [0.2, 0.25) is 5.91 Å². The van der Waals surface area contributed by atoms with Gasteiger partial charge >= 0.3 is 0 Å². The molecule has 0 aliphatic heterocycles. The maximum atomic E-state index is 12.8. The van der Waals surface area contributed by atoms with Crippen LogP contribution in [-0.2, 0) is 11.3 Å². The molecule has 7 heteroatoms. The van der Waals surface area contributed by atoms with E-state index in [1.807, 2.05) is 36.4 Å². The van der Waals surface area contributed by atoms with Crippen molar-refractivity contribution in [1.82, 2.24) is 20.3 Å². The molecule has 3 aromatic rings. The van der Waals surface area contributed by atoms with Gasteiger partial charge in [0.25, 0.3) is 5.91 Å². The summed E-state index contributed by atoms with van der Waals surface area (Å²) in [5.74, 6) is 0.681. The predicted molar refractivity (Wildman–Crippen MR) is 125 cm³/mol. The van der Waals surface area contributed by atoms with Crippen molar-refractivity contribution in [3.8, 4) is 0 Å². The van der Waals surface area contributed by atoms with E-state index in [0.717, 1.165) is 48.2 Å². The van der Waals surface area contributed by atoms with Crippen LogP contribution >= 0.6 is 0 Å². The predicted octanol–water partition coefficient (Wildman–Crippen LogP) is 4.15. The number of aromatic nitrogens is 2. The minimum Gasteiger partial charge on any atom is -0.349 e. The first-order chi connectivity index (χ1) is 16.1. The van der Waals surface area contributed by atoms with Gasteiger partial charge in [0, 0.05) is 24.1 Å². The van der Waals surface area contributed by atoms with E-state index < -0.39 is 11.8 Å². The molecular formula is C26H30N4O3. The maximum absolute atomic E-state index is 12.8. The van der Waals surface area contributed by atoms with E-state index in [2.05, 4.69) is 22.0 Å². The third-order valence-electron chi connectivity index (χ3n) is 7.24. The summed E-state index contributed by atoms with van der Waals surface area (Å²) < 4.78 is 2.31. The third kappa shape index (κ3) is 4.37. The molecule has 2 amide bonds. The molecule has 0 unspecified atom stereocenters. The Hall–Kier alpha value is -3.19. The molecule has 5 rings (SSSR count). The van der Waals surface area contributed by atoms with Crippen LogP contribution in [0.25, 0.3) is 11.0 Å².